The van der Waals surface area contributed by atoms with Gasteiger partial charge in [0.15, 0.2) is 0 Å². The highest BCUT2D eigenvalue weighted by Crippen LogP contribution is 2.15. The molecular weight excluding hydrogens is 274 g/mol. The van der Waals surface area contributed by atoms with Crippen molar-refractivity contribution in [2.24, 2.45) is 0 Å². The van der Waals surface area contributed by atoms with E-state index in [0.717, 1.165) is 30.7 Å². The SMILES string of the molecule is COc1ccc(CCCCC(=O)N(C)c2ccccc2)cc1. The third kappa shape index (κ3) is 4.62. The lowest BCUT2D eigenvalue weighted by Gasteiger charge is -2.17. The molecule has 0 aromatic heterocycles. The molecule has 0 radical (unpaired) electrons. The van der Waals surface area contributed by atoms with Gasteiger partial charge in [-0.2, -0.15) is 0 Å². The standard InChI is InChI=1S/C19H23NO2/c1-20(17-9-4-3-5-10-17)19(21)11-7-6-8-16-12-14-18(22-2)15-13-16/h3-5,9-10,12-15H,6-8,11H2,1-2H3. The summed E-state index contributed by atoms with van der Waals surface area (Å²) in [6.07, 6.45) is 3.50. The minimum absolute atomic E-state index is 0.168. The molecular formula is C19H23NO2. The summed E-state index contributed by atoms with van der Waals surface area (Å²) in [7, 11) is 3.50. The summed E-state index contributed by atoms with van der Waals surface area (Å²) in [4.78, 5) is 13.9. The molecule has 1 amide bonds. The zero-order chi connectivity index (χ0) is 15.8. The van der Waals surface area contributed by atoms with E-state index in [4.69, 9.17) is 4.74 Å². The topological polar surface area (TPSA) is 29.5 Å². The largest absolute Gasteiger partial charge is 0.497 e. The number of hydrogen-bond acceptors (Lipinski definition) is 2. The molecule has 0 N–H and O–H groups in total. The number of carbonyl (C=O) groups excluding carboxylic acids is 1. The van der Waals surface area contributed by atoms with Gasteiger partial charge in [-0.25, -0.2) is 0 Å². The van der Waals surface area contributed by atoms with Gasteiger partial charge in [-0.05, 0) is 49.1 Å². The first-order chi connectivity index (χ1) is 10.7. The van der Waals surface area contributed by atoms with Crippen LogP contribution in [0.25, 0.3) is 0 Å². The second-order valence-electron chi connectivity index (χ2n) is 5.34. The Hall–Kier alpha value is -2.29. The van der Waals surface area contributed by atoms with Crippen molar-refractivity contribution < 1.29 is 9.53 Å². The van der Waals surface area contributed by atoms with Crippen LogP contribution in [-0.2, 0) is 11.2 Å². The predicted molar refractivity (Wildman–Crippen MR) is 90.4 cm³/mol. The molecule has 0 saturated heterocycles. The number of nitrogens with zero attached hydrogens (tertiary/aromatic N) is 1. The fraction of sp³-hybridized carbons (Fsp3) is 0.316. The number of amides is 1. The summed E-state index contributed by atoms with van der Waals surface area (Å²) in [5.74, 6) is 1.05. The van der Waals surface area contributed by atoms with Crippen LogP contribution in [0.3, 0.4) is 0 Å². The van der Waals surface area contributed by atoms with Crippen LogP contribution < -0.4 is 9.64 Å². The lowest BCUT2D eigenvalue weighted by Crippen LogP contribution is -2.25. The quantitative estimate of drug-likeness (QED) is 0.721. The first-order valence-corrected chi connectivity index (χ1v) is 7.65. The Morgan fingerprint density at radius 3 is 2.32 bits per heavy atom. The van der Waals surface area contributed by atoms with Crippen molar-refractivity contribution in [2.75, 3.05) is 19.1 Å². The minimum Gasteiger partial charge on any atom is -0.497 e. The number of carbonyl (C=O) groups is 1. The molecule has 0 aliphatic heterocycles. The fourth-order valence-electron chi connectivity index (χ4n) is 2.36. The van der Waals surface area contributed by atoms with Crippen LogP contribution >= 0.6 is 0 Å². The molecule has 0 aliphatic rings. The molecule has 22 heavy (non-hydrogen) atoms. The molecule has 0 atom stereocenters. The highest BCUT2D eigenvalue weighted by molar-refractivity contribution is 5.92. The molecule has 2 aromatic carbocycles. The summed E-state index contributed by atoms with van der Waals surface area (Å²) in [5.41, 5.74) is 2.23. The van der Waals surface area contributed by atoms with Crippen LogP contribution in [0, 0.1) is 0 Å². The minimum atomic E-state index is 0.168. The van der Waals surface area contributed by atoms with Gasteiger partial charge in [-0.15, -0.1) is 0 Å². The van der Waals surface area contributed by atoms with E-state index in [1.54, 1.807) is 12.0 Å². The smallest absolute Gasteiger partial charge is 0.226 e. The van der Waals surface area contributed by atoms with Crippen molar-refractivity contribution in [2.45, 2.75) is 25.7 Å². The lowest BCUT2D eigenvalue weighted by molar-refractivity contribution is -0.118. The number of benzene rings is 2. The van der Waals surface area contributed by atoms with Crippen molar-refractivity contribution >= 4 is 11.6 Å². The van der Waals surface area contributed by atoms with Crippen LogP contribution in [-0.4, -0.2) is 20.1 Å². The van der Waals surface area contributed by atoms with Crippen LogP contribution in [0.2, 0.25) is 0 Å². The van der Waals surface area contributed by atoms with Crippen LogP contribution in [0.5, 0.6) is 5.75 Å². The van der Waals surface area contributed by atoms with Gasteiger partial charge in [-0.1, -0.05) is 30.3 Å². The molecule has 0 heterocycles. The highest BCUT2D eigenvalue weighted by Gasteiger charge is 2.09. The number of aryl methyl sites for hydroxylation is 1. The maximum Gasteiger partial charge on any atom is 0.226 e. The van der Waals surface area contributed by atoms with E-state index >= 15 is 0 Å². The Morgan fingerprint density at radius 1 is 1.00 bits per heavy atom. The molecule has 0 unspecified atom stereocenters. The summed E-state index contributed by atoms with van der Waals surface area (Å²) in [6.45, 7) is 0. The van der Waals surface area contributed by atoms with Gasteiger partial charge >= 0.3 is 0 Å². The van der Waals surface area contributed by atoms with Crippen molar-refractivity contribution in [1.29, 1.82) is 0 Å². The molecule has 0 fully saturated rings. The third-order valence-electron chi connectivity index (χ3n) is 3.78. The number of unbranched alkanes of at least 4 members (excludes halogenated alkanes) is 1. The Morgan fingerprint density at radius 2 is 1.68 bits per heavy atom. The normalized spacial score (nSPS) is 10.3. The Kier molecular flexibility index (Phi) is 6.01. The van der Waals surface area contributed by atoms with Gasteiger partial charge in [0.2, 0.25) is 5.91 Å². The monoisotopic (exact) mass is 297 g/mol. The molecule has 2 rings (SSSR count). The van der Waals surface area contributed by atoms with Crippen molar-refractivity contribution in [3.05, 3.63) is 60.2 Å². The van der Waals surface area contributed by atoms with E-state index in [2.05, 4.69) is 12.1 Å². The number of methoxy groups -OCH3 is 1. The number of ether oxygens (including phenoxy) is 1. The Bertz CT molecular complexity index is 578. The second kappa shape index (κ2) is 8.23. The van der Waals surface area contributed by atoms with E-state index in [9.17, 15) is 4.79 Å². The van der Waals surface area contributed by atoms with Gasteiger partial charge < -0.3 is 9.64 Å². The van der Waals surface area contributed by atoms with E-state index < -0.39 is 0 Å². The molecule has 2 aromatic rings. The Labute approximate surface area is 132 Å². The first kappa shape index (κ1) is 16.1. The molecule has 0 saturated carbocycles. The van der Waals surface area contributed by atoms with E-state index in [-0.39, 0.29) is 5.91 Å². The van der Waals surface area contributed by atoms with Crippen molar-refractivity contribution in [3.8, 4) is 5.75 Å². The average molecular weight is 297 g/mol. The van der Waals surface area contributed by atoms with Gasteiger partial charge in [0.1, 0.15) is 5.75 Å². The second-order valence-corrected chi connectivity index (χ2v) is 5.34. The number of para-hydroxylation sites is 1. The van der Waals surface area contributed by atoms with E-state index in [1.165, 1.54) is 5.56 Å². The molecule has 0 spiro atoms. The molecule has 116 valence electrons. The van der Waals surface area contributed by atoms with Gasteiger partial charge in [0.25, 0.3) is 0 Å². The predicted octanol–water partition coefficient (Wildman–Crippen LogP) is 4.07. The summed E-state index contributed by atoms with van der Waals surface area (Å²) >= 11 is 0. The summed E-state index contributed by atoms with van der Waals surface area (Å²) in [6, 6.07) is 17.9. The van der Waals surface area contributed by atoms with Gasteiger partial charge in [-0.3, -0.25) is 4.79 Å². The van der Waals surface area contributed by atoms with Crippen molar-refractivity contribution in [3.63, 3.8) is 0 Å². The summed E-state index contributed by atoms with van der Waals surface area (Å²) in [5, 5.41) is 0. The van der Waals surface area contributed by atoms with Crippen molar-refractivity contribution in [1.82, 2.24) is 0 Å². The van der Waals surface area contributed by atoms with Crippen LogP contribution in [0.15, 0.2) is 54.6 Å². The zero-order valence-corrected chi connectivity index (χ0v) is 13.3. The zero-order valence-electron chi connectivity index (χ0n) is 13.3. The molecule has 0 aliphatic carbocycles. The molecule has 0 bridgehead atoms. The lowest BCUT2D eigenvalue weighted by atomic mass is 10.1. The number of hydrogen-bond donors (Lipinski definition) is 0. The molecule has 3 nitrogen and oxygen atoms in total. The van der Waals surface area contributed by atoms with Crippen LogP contribution in [0.4, 0.5) is 5.69 Å². The van der Waals surface area contributed by atoms with E-state index in [0.29, 0.717) is 6.42 Å². The van der Waals surface area contributed by atoms with E-state index in [1.807, 2.05) is 49.5 Å². The first-order valence-electron chi connectivity index (χ1n) is 7.65. The Balaban J connectivity index is 1.72. The van der Waals surface area contributed by atoms with Gasteiger partial charge in [0, 0.05) is 19.2 Å². The van der Waals surface area contributed by atoms with Crippen LogP contribution in [0.1, 0.15) is 24.8 Å². The van der Waals surface area contributed by atoms with Gasteiger partial charge in [0.05, 0.1) is 7.11 Å². The highest BCUT2D eigenvalue weighted by atomic mass is 16.5. The maximum atomic E-state index is 12.1. The maximum absolute atomic E-state index is 12.1. The summed E-state index contributed by atoms with van der Waals surface area (Å²) < 4.78 is 5.14. The molecule has 3 heteroatoms. The number of rotatable bonds is 7. The average Bonchev–Trinajstić information content (AvgIpc) is 2.59. The number of anilines is 1. The third-order valence-corrected chi connectivity index (χ3v) is 3.78. The fourth-order valence-corrected chi connectivity index (χ4v) is 2.36.